The summed E-state index contributed by atoms with van der Waals surface area (Å²) in [7, 11) is 0. The maximum Gasteiger partial charge on any atom is 0.229 e. The van der Waals surface area contributed by atoms with Gasteiger partial charge in [0.05, 0.1) is 12.0 Å². The molecule has 28 heavy (non-hydrogen) atoms. The molecule has 1 N–H and O–H groups in total. The molecule has 1 aliphatic rings. The Morgan fingerprint density at radius 3 is 2.36 bits per heavy atom. The number of amides is 2. The lowest BCUT2D eigenvalue weighted by atomic mass is 10.1. The van der Waals surface area contributed by atoms with Crippen molar-refractivity contribution in [3.8, 4) is 5.75 Å². The van der Waals surface area contributed by atoms with E-state index in [1.165, 1.54) is 0 Å². The van der Waals surface area contributed by atoms with Crippen molar-refractivity contribution < 1.29 is 14.3 Å². The van der Waals surface area contributed by atoms with E-state index in [0.29, 0.717) is 6.54 Å². The Hall–Kier alpha value is -2.34. The fraction of sp³-hybridized carbons (Fsp3) is 0.364. The number of benzene rings is 2. The van der Waals surface area contributed by atoms with Gasteiger partial charge in [0, 0.05) is 28.8 Å². The number of carbonyl (C=O) groups excluding carboxylic acids is 2. The van der Waals surface area contributed by atoms with Gasteiger partial charge in [-0.1, -0.05) is 15.9 Å². The molecule has 1 atom stereocenters. The van der Waals surface area contributed by atoms with E-state index in [9.17, 15) is 9.59 Å². The average Bonchev–Trinajstić information content (AvgIpc) is 3.00. The van der Waals surface area contributed by atoms with Gasteiger partial charge in [0.2, 0.25) is 11.8 Å². The molecule has 5 nitrogen and oxygen atoms in total. The first-order chi connectivity index (χ1) is 13.2. The molecule has 0 aliphatic carbocycles. The van der Waals surface area contributed by atoms with Crippen LogP contribution >= 0.6 is 15.9 Å². The smallest absolute Gasteiger partial charge is 0.229 e. The maximum absolute atomic E-state index is 12.8. The van der Waals surface area contributed by atoms with Crippen LogP contribution in [0, 0.1) is 19.8 Å². The summed E-state index contributed by atoms with van der Waals surface area (Å²) >= 11 is 3.47. The molecule has 2 aromatic rings. The van der Waals surface area contributed by atoms with Crippen molar-refractivity contribution in [1.29, 1.82) is 0 Å². The van der Waals surface area contributed by atoms with Crippen LogP contribution in [0.1, 0.15) is 31.4 Å². The highest BCUT2D eigenvalue weighted by atomic mass is 79.9. The highest BCUT2D eigenvalue weighted by Gasteiger charge is 2.35. The van der Waals surface area contributed by atoms with Crippen molar-refractivity contribution in [2.24, 2.45) is 5.92 Å². The summed E-state index contributed by atoms with van der Waals surface area (Å²) in [6, 6.07) is 11.4. The second-order valence-corrected chi connectivity index (χ2v) is 8.39. The van der Waals surface area contributed by atoms with E-state index in [0.717, 1.165) is 32.7 Å². The number of nitrogens with zero attached hydrogens (tertiary/aromatic N) is 1. The highest BCUT2D eigenvalue weighted by molar-refractivity contribution is 9.10. The molecule has 1 aliphatic heterocycles. The number of aryl methyl sites for hydroxylation is 2. The minimum absolute atomic E-state index is 0.0399. The number of carbonyl (C=O) groups is 2. The topological polar surface area (TPSA) is 58.6 Å². The van der Waals surface area contributed by atoms with Crippen LogP contribution in [0.4, 0.5) is 11.4 Å². The molecule has 3 rings (SSSR count). The SMILES string of the molecule is Cc1cc(Br)cc(C)c1NC(=O)[C@@H]1CC(=O)N(c2ccc(OC(C)C)cc2)C1. The van der Waals surface area contributed by atoms with Crippen molar-refractivity contribution in [1.82, 2.24) is 0 Å². The van der Waals surface area contributed by atoms with Gasteiger partial charge in [0.1, 0.15) is 5.75 Å². The molecule has 1 heterocycles. The summed E-state index contributed by atoms with van der Waals surface area (Å²) in [5.41, 5.74) is 3.57. The van der Waals surface area contributed by atoms with E-state index in [1.807, 2.05) is 64.1 Å². The number of ether oxygens (including phenoxy) is 1. The lowest BCUT2D eigenvalue weighted by Crippen LogP contribution is -2.28. The van der Waals surface area contributed by atoms with Crippen LogP contribution in [0.25, 0.3) is 0 Å². The van der Waals surface area contributed by atoms with Crippen molar-refractivity contribution in [2.75, 3.05) is 16.8 Å². The average molecular weight is 445 g/mol. The van der Waals surface area contributed by atoms with Crippen LogP contribution in [0.3, 0.4) is 0 Å². The van der Waals surface area contributed by atoms with E-state index in [1.54, 1.807) is 4.90 Å². The fourth-order valence-electron chi connectivity index (χ4n) is 3.44. The van der Waals surface area contributed by atoms with Gasteiger partial charge in [-0.15, -0.1) is 0 Å². The zero-order chi connectivity index (χ0) is 20.4. The number of rotatable bonds is 5. The highest BCUT2D eigenvalue weighted by Crippen LogP contribution is 2.30. The van der Waals surface area contributed by atoms with Crippen LogP contribution in [0.2, 0.25) is 0 Å². The first-order valence-electron chi connectivity index (χ1n) is 9.39. The van der Waals surface area contributed by atoms with Crippen molar-refractivity contribution in [3.63, 3.8) is 0 Å². The van der Waals surface area contributed by atoms with Gasteiger partial charge in [-0.2, -0.15) is 0 Å². The Bertz CT molecular complexity index is 870. The Morgan fingerprint density at radius 1 is 1.18 bits per heavy atom. The molecule has 2 aromatic carbocycles. The molecule has 0 bridgehead atoms. The molecule has 1 fully saturated rings. The van der Waals surface area contributed by atoms with Crippen LogP contribution < -0.4 is 15.0 Å². The third-order valence-corrected chi connectivity index (χ3v) is 5.22. The van der Waals surface area contributed by atoms with Gasteiger partial charge in [-0.05, 0) is 75.2 Å². The predicted molar refractivity (Wildman–Crippen MR) is 115 cm³/mol. The largest absolute Gasteiger partial charge is 0.491 e. The summed E-state index contributed by atoms with van der Waals surface area (Å²) in [4.78, 5) is 26.9. The van der Waals surface area contributed by atoms with Crippen LogP contribution in [0.5, 0.6) is 5.75 Å². The molecule has 0 unspecified atom stereocenters. The van der Waals surface area contributed by atoms with Gasteiger partial charge in [0.15, 0.2) is 0 Å². The zero-order valence-electron chi connectivity index (χ0n) is 16.6. The zero-order valence-corrected chi connectivity index (χ0v) is 18.2. The molecule has 0 spiro atoms. The van der Waals surface area contributed by atoms with Crippen LogP contribution in [-0.4, -0.2) is 24.5 Å². The summed E-state index contributed by atoms with van der Waals surface area (Å²) in [6.07, 6.45) is 0.308. The maximum atomic E-state index is 12.8. The Balaban J connectivity index is 1.69. The molecular weight excluding hydrogens is 420 g/mol. The first kappa shape index (κ1) is 20.4. The van der Waals surface area contributed by atoms with Gasteiger partial charge >= 0.3 is 0 Å². The van der Waals surface area contributed by atoms with E-state index in [-0.39, 0.29) is 30.3 Å². The number of halogens is 1. The number of nitrogens with one attached hydrogen (secondary N) is 1. The number of hydrogen-bond acceptors (Lipinski definition) is 3. The molecule has 0 aromatic heterocycles. The minimum Gasteiger partial charge on any atom is -0.491 e. The molecule has 0 radical (unpaired) electrons. The fourth-order valence-corrected chi connectivity index (χ4v) is 4.13. The summed E-state index contributed by atoms with van der Waals surface area (Å²) in [6.45, 7) is 8.23. The molecule has 1 saturated heterocycles. The van der Waals surface area contributed by atoms with E-state index < -0.39 is 0 Å². The summed E-state index contributed by atoms with van der Waals surface area (Å²) < 4.78 is 6.62. The molecule has 6 heteroatoms. The van der Waals surface area contributed by atoms with E-state index in [2.05, 4.69) is 21.2 Å². The lowest BCUT2D eigenvalue weighted by Gasteiger charge is -2.18. The number of anilines is 2. The lowest BCUT2D eigenvalue weighted by molar-refractivity contribution is -0.122. The Kier molecular flexibility index (Phi) is 6.08. The first-order valence-corrected chi connectivity index (χ1v) is 10.2. The monoisotopic (exact) mass is 444 g/mol. The van der Waals surface area contributed by atoms with Crippen molar-refractivity contribution in [2.45, 2.75) is 40.2 Å². The van der Waals surface area contributed by atoms with Gasteiger partial charge < -0.3 is 15.0 Å². The minimum atomic E-state index is -0.374. The normalized spacial score (nSPS) is 16.6. The standard InChI is InChI=1S/C22H25BrN2O3/c1-13(2)28-19-7-5-18(6-8-19)25-12-16(11-20(25)26)22(27)24-21-14(3)9-17(23)10-15(21)4/h5-10,13,16H,11-12H2,1-4H3,(H,24,27)/t16-/m1/s1. The van der Waals surface area contributed by atoms with Crippen LogP contribution in [-0.2, 0) is 9.59 Å². The second kappa shape index (κ2) is 8.35. The molecule has 0 saturated carbocycles. The Morgan fingerprint density at radius 2 is 1.79 bits per heavy atom. The quantitative estimate of drug-likeness (QED) is 0.716. The third-order valence-electron chi connectivity index (χ3n) is 4.76. The van der Waals surface area contributed by atoms with Gasteiger partial charge in [0.25, 0.3) is 0 Å². The third kappa shape index (κ3) is 4.55. The summed E-state index contributed by atoms with van der Waals surface area (Å²) in [5, 5.41) is 3.01. The number of hydrogen-bond donors (Lipinski definition) is 1. The molecular formula is C22H25BrN2O3. The Labute approximate surface area is 174 Å². The van der Waals surface area contributed by atoms with Crippen molar-refractivity contribution >= 4 is 39.1 Å². The second-order valence-electron chi connectivity index (χ2n) is 7.47. The predicted octanol–water partition coefficient (Wildman–Crippen LogP) is 4.84. The van der Waals surface area contributed by atoms with Gasteiger partial charge in [-0.3, -0.25) is 9.59 Å². The van der Waals surface area contributed by atoms with Crippen molar-refractivity contribution in [3.05, 3.63) is 52.0 Å². The van der Waals surface area contributed by atoms with E-state index in [4.69, 9.17) is 4.74 Å². The van der Waals surface area contributed by atoms with E-state index >= 15 is 0 Å². The van der Waals surface area contributed by atoms with Gasteiger partial charge in [-0.25, -0.2) is 0 Å². The van der Waals surface area contributed by atoms with Crippen LogP contribution in [0.15, 0.2) is 40.9 Å². The summed E-state index contributed by atoms with van der Waals surface area (Å²) in [5.74, 6) is 0.230. The molecule has 148 valence electrons. The molecule has 2 amide bonds.